The highest BCUT2D eigenvalue weighted by Gasteiger charge is 2.14. The maximum Gasteiger partial charge on any atom is 0.261 e. The summed E-state index contributed by atoms with van der Waals surface area (Å²) in [4.78, 5) is 12.4. The van der Waals surface area contributed by atoms with Crippen LogP contribution in [0.25, 0.3) is 10.1 Å². The molecule has 1 amide bonds. The summed E-state index contributed by atoms with van der Waals surface area (Å²) in [5.74, 6) is -0.303. The lowest BCUT2D eigenvalue weighted by atomic mass is 10.2. The molecule has 0 fully saturated rings. The Morgan fingerprint density at radius 1 is 1.33 bits per heavy atom. The largest absolute Gasteiger partial charge is 0.399 e. The smallest absolute Gasteiger partial charge is 0.261 e. The number of amides is 1. The zero-order chi connectivity index (χ0) is 13.1. The van der Waals surface area contributed by atoms with Crippen molar-refractivity contribution in [3.63, 3.8) is 0 Å². The molecule has 0 bridgehead atoms. The van der Waals surface area contributed by atoms with E-state index in [1.54, 1.807) is 18.2 Å². The number of aliphatic hydroxyl groups excluding tert-OH is 2. The number of carbonyl (C=O) groups excluding carboxylic acids is 1. The topological polar surface area (TPSA) is 95.6 Å². The van der Waals surface area contributed by atoms with Crippen LogP contribution >= 0.6 is 11.3 Å². The molecule has 2 rings (SSSR count). The first-order valence-electron chi connectivity index (χ1n) is 5.45. The maximum absolute atomic E-state index is 11.9. The first-order valence-corrected chi connectivity index (χ1v) is 6.27. The van der Waals surface area contributed by atoms with Crippen LogP contribution in [0.15, 0.2) is 24.3 Å². The molecule has 5 nitrogen and oxygen atoms in total. The highest BCUT2D eigenvalue weighted by Crippen LogP contribution is 2.27. The van der Waals surface area contributed by atoms with Crippen molar-refractivity contribution in [2.75, 3.05) is 18.9 Å². The van der Waals surface area contributed by atoms with Crippen LogP contribution in [0.4, 0.5) is 5.69 Å². The minimum absolute atomic E-state index is 0.292. The Balaban J connectivity index is 2.23. The summed E-state index contributed by atoms with van der Waals surface area (Å²) in [6.45, 7) is -0.583. The van der Waals surface area contributed by atoms with Crippen LogP contribution in [-0.2, 0) is 0 Å². The number of nitrogen functional groups attached to an aromatic ring is 1. The van der Waals surface area contributed by atoms with Crippen molar-refractivity contribution in [1.82, 2.24) is 5.32 Å². The number of rotatable bonds is 4. The van der Waals surface area contributed by atoms with Crippen LogP contribution in [0.5, 0.6) is 0 Å². The first-order chi connectivity index (χ1) is 8.63. The molecule has 96 valence electrons. The Morgan fingerprint density at radius 3 is 2.72 bits per heavy atom. The van der Waals surface area contributed by atoms with Crippen LogP contribution < -0.4 is 11.1 Å². The number of hydrogen-bond donors (Lipinski definition) is 4. The number of carbonyl (C=O) groups is 1. The Kier molecular flexibility index (Phi) is 3.81. The molecule has 0 saturated carbocycles. The summed E-state index contributed by atoms with van der Waals surface area (Å²) < 4.78 is 0.971. The lowest BCUT2D eigenvalue weighted by molar-refractivity contribution is 0.0883. The van der Waals surface area contributed by atoms with E-state index in [0.717, 1.165) is 10.1 Å². The van der Waals surface area contributed by atoms with Crippen LogP contribution in [-0.4, -0.2) is 35.4 Å². The van der Waals surface area contributed by atoms with E-state index in [-0.39, 0.29) is 19.1 Å². The monoisotopic (exact) mass is 266 g/mol. The van der Waals surface area contributed by atoms with E-state index in [0.29, 0.717) is 10.6 Å². The van der Waals surface area contributed by atoms with Gasteiger partial charge in [0.25, 0.3) is 5.91 Å². The van der Waals surface area contributed by atoms with Gasteiger partial charge in [0.1, 0.15) is 0 Å². The number of anilines is 1. The van der Waals surface area contributed by atoms with E-state index in [4.69, 9.17) is 15.9 Å². The third-order valence-corrected chi connectivity index (χ3v) is 3.65. The van der Waals surface area contributed by atoms with Crippen molar-refractivity contribution in [2.24, 2.45) is 0 Å². The Morgan fingerprint density at radius 2 is 2.06 bits per heavy atom. The summed E-state index contributed by atoms with van der Waals surface area (Å²) in [5.41, 5.74) is 6.32. The molecular formula is C12H14N2O3S. The summed E-state index contributed by atoms with van der Waals surface area (Å²) in [6, 6.07) is 6.56. The quantitative estimate of drug-likeness (QED) is 0.608. The molecule has 1 aromatic heterocycles. The SMILES string of the molecule is Nc1ccc2sc(C(=O)NC(CO)CO)cc2c1. The molecule has 1 aromatic carbocycles. The maximum atomic E-state index is 11.9. The van der Waals surface area contributed by atoms with Crippen molar-refractivity contribution < 1.29 is 15.0 Å². The number of nitrogens with one attached hydrogen (secondary N) is 1. The second-order valence-corrected chi connectivity index (χ2v) is 5.03. The zero-order valence-corrected chi connectivity index (χ0v) is 10.4. The molecule has 0 aliphatic carbocycles. The number of hydrogen-bond acceptors (Lipinski definition) is 5. The summed E-state index contributed by atoms with van der Waals surface area (Å²) in [5, 5.41) is 21.3. The average Bonchev–Trinajstić information content (AvgIpc) is 2.78. The van der Waals surface area contributed by atoms with Gasteiger partial charge in [-0.1, -0.05) is 0 Å². The van der Waals surface area contributed by atoms with Gasteiger partial charge in [0.2, 0.25) is 0 Å². The molecule has 0 aliphatic heterocycles. The van der Waals surface area contributed by atoms with Crippen LogP contribution in [0, 0.1) is 0 Å². The molecule has 0 saturated heterocycles. The molecule has 0 aliphatic rings. The van der Waals surface area contributed by atoms with Gasteiger partial charge >= 0.3 is 0 Å². The lowest BCUT2D eigenvalue weighted by Gasteiger charge is -2.11. The molecule has 0 unspecified atom stereocenters. The van der Waals surface area contributed by atoms with Crippen LogP contribution in [0.3, 0.4) is 0 Å². The van der Waals surface area contributed by atoms with Gasteiger partial charge in [0, 0.05) is 10.4 Å². The highest BCUT2D eigenvalue weighted by molar-refractivity contribution is 7.20. The van der Waals surface area contributed by atoms with Gasteiger partial charge < -0.3 is 21.3 Å². The van der Waals surface area contributed by atoms with Gasteiger partial charge in [-0.25, -0.2) is 0 Å². The van der Waals surface area contributed by atoms with Gasteiger partial charge in [-0.15, -0.1) is 11.3 Å². The summed E-state index contributed by atoms with van der Waals surface area (Å²) in [7, 11) is 0. The van der Waals surface area contributed by atoms with Crippen molar-refractivity contribution >= 4 is 33.0 Å². The van der Waals surface area contributed by atoms with E-state index in [9.17, 15) is 4.79 Å². The normalized spacial score (nSPS) is 11.1. The molecule has 1 heterocycles. The van der Waals surface area contributed by atoms with E-state index in [1.165, 1.54) is 11.3 Å². The summed E-state index contributed by atoms with van der Waals surface area (Å²) >= 11 is 1.35. The average molecular weight is 266 g/mol. The molecule has 0 spiro atoms. The first kappa shape index (κ1) is 12.8. The van der Waals surface area contributed by atoms with Crippen molar-refractivity contribution in [3.05, 3.63) is 29.1 Å². The Bertz CT molecular complexity index is 563. The molecule has 18 heavy (non-hydrogen) atoms. The van der Waals surface area contributed by atoms with Gasteiger partial charge in [-0.05, 0) is 29.7 Å². The van der Waals surface area contributed by atoms with Crippen molar-refractivity contribution in [1.29, 1.82) is 0 Å². The fourth-order valence-corrected chi connectivity index (χ4v) is 2.53. The van der Waals surface area contributed by atoms with E-state index < -0.39 is 6.04 Å². The van der Waals surface area contributed by atoms with Gasteiger partial charge in [-0.2, -0.15) is 0 Å². The fourth-order valence-electron chi connectivity index (χ4n) is 1.58. The van der Waals surface area contributed by atoms with Crippen LogP contribution in [0.2, 0.25) is 0 Å². The molecule has 2 aromatic rings. The Labute approximate surface area is 108 Å². The third kappa shape index (κ3) is 2.61. The number of aliphatic hydroxyl groups is 2. The molecule has 5 N–H and O–H groups in total. The van der Waals surface area contributed by atoms with Crippen LogP contribution in [0.1, 0.15) is 9.67 Å². The molecule has 0 atom stereocenters. The second-order valence-electron chi connectivity index (χ2n) is 3.94. The van der Waals surface area contributed by atoms with E-state index >= 15 is 0 Å². The zero-order valence-electron chi connectivity index (χ0n) is 9.59. The summed E-state index contributed by atoms with van der Waals surface area (Å²) in [6.07, 6.45) is 0. The number of benzene rings is 1. The van der Waals surface area contributed by atoms with Crippen molar-refractivity contribution in [3.8, 4) is 0 Å². The lowest BCUT2D eigenvalue weighted by Crippen LogP contribution is -2.39. The number of fused-ring (bicyclic) bond motifs is 1. The van der Waals surface area contributed by atoms with Crippen molar-refractivity contribution in [2.45, 2.75) is 6.04 Å². The fraction of sp³-hybridized carbons (Fsp3) is 0.250. The molecule has 0 radical (unpaired) electrons. The predicted octanol–water partition coefficient (Wildman–Crippen LogP) is 0.567. The highest BCUT2D eigenvalue weighted by atomic mass is 32.1. The predicted molar refractivity (Wildman–Crippen MR) is 71.7 cm³/mol. The van der Waals surface area contributed by atoms with E-state index in [1.807, 2.05) is 6.07 Å². The van der Waals surface area contributed by atoms with Gasteiger partial charge in [0.15, 0.2) is 0 Å². The van der Waals surface area contributed by atoms with Gasteiger partial charge in [-0.3, -0.25) is 4.79 Å². The van der Waals surface area contributed by atoms with Gasteiger partial charge in [0.05, 0.1) is 24.1 Å². The number of thiophene rings is 1. The minimum atomic E-state index is -0.632. The number of nitrogens with two attached hydrogens (primary N) is 1. The standard InChI is InChI=1S/C12H14N2O3S/c13-8-1-2-10-7(3-8)4-11(18-10)12(17)14-9(5-15)6-16/h1-4,9,15-16H,5-6,13H2,(H,14,17). The molecule has 6 heteroatoms. The molecular weight excluding hydrogens is 252 g/mol. The Hall–Kier alpha value is -1.63. The third-order valence-electron chi connectivity index (χ3n) is 2.54. The minimum Gasteiger partial charge on any atom is -0.399 e. The second kappa shape index (κ2) is 5.34. The van der Waals surface area contributed by atoms with E-state index in [2.05, 4.69) is 5.32 Å².